The second-order valence-electron chi connectivity index (χ2n) is 6.59. The SMILES string of the molecule is Cc1cccc(NC(N)=NCc2ccc(S(=O)(=O)NCC(C)C)cc2)c1. The average Bonchev–Trinajstić information content (AvgIpc) is 2.59. The first-order valence-electron chi connectivity index (χ1n) is 8.48. The second-order valence-corrected chi connectivity index (χ2v) is 8.35. The molecule has 2 aromatic rings. The summed E-state index contributed by atoms with van der Waals surface area (Å²) in [7, 11) is -3.47. The lowest BCUT2D eigenvalue weighted by Gasteiger charge is -2.09. The third kappa shape index (κ3) is 6.16. The molecular formula is C19H26N4O2S. The summed E-state index contributed by atoms with van der Waals surface area (Å²) in [6.07, 6.45) is 0. The highest BCUT2D eigenvalue weighted by Crippen LogP contribution is 2.12. The van der Waals surface area contributed by atoms with Crippen LogP contribution in [0.1, 0.15) is 25.0 Å². The molecule has 2 aromatic carbocycles. The van der Waals surface area contributed by atoms with Gasteiger partial charge in [0, 0.05) is 12.2 Å². The Morgan fingerprint density at radius 1 is 1.15 bits per heavy atom. The highest BCUT2D eigenvalue weighted by atomic mass is 32.2. The van der Waals surface area contributed by atoms with Crippen molar-refractivity contribution in [1.29, 1.82) is 0 Å². The first kappa shape index (κ1) is 19.9. The second kappa shape index (κ2) is 8.82. The number of hydrogen-bond donors (Lipinski definition) is 3. The molecule has 0 aliphatic carbocycles. The number of benzene rings is 2. The van der Waals surface area contributed by atoms with Crippen LogP contribution in [0.25, 0.3) is 0 Å². The Labute approximate surface area is 155 Å². The number of nitrogens with two attached hydrogens (primary N) is 1. The molecule has 0 aliphatic rings. The van der Waals surface area contributed by atoms with E-state index in [1.54, 1.807) is 24.3 Å². The van der Waals surface area contributed by atoms with Gasteiger partial charge in [0.05, 0.1) is 11.4 Å². The van der Waals surface area contributed by atoms with Crippen LogP contribution in [0.2, 0.25) is 0 Å². The van der Waals surface area contributed by atoms with E-state index in [1.165, 1.54) is 0 Å². The molecule has 2 rings (SSSR count). The van der Waals surface area contributed by atoms with Crippen LogP contribution >= 0.6 is 0 Å². The van der Waals surface area contributed by atoms with E-state index in [0.717, 1.165) is 16.8 Å². The molecular weight excluding hydrogens is 348 g/mol. The van der Waals surface area contributed by atoms with Crippen molar-refractivity contribution in [2.45, 2.75) is 32.2 Å². The molecule has 0 radical (unpaired) electrons. The van der Waals surface area contributed by atoms with Gasteiger partial charge in [0.25, 0.3) is 0 Å². The normalized spacial score (nSPS) is 12.4. The third-order valence-electron chi connectivity index (χ3n) is 3.64. The van der Waals surface area contributed by atoms with Crippen molar-refractivity contribution in [3.63, 3.8) is 0 Å². The van der Waals surface area contributed by atoms with Gasteiger partial charge in [-0.3, -0.25) is 0 Å². The van der Waals surface area contributed by atoms with Crippen LogP contribution in [0.4, 0.5) is 5.69 Å². The molecule has 0 fully saturated rings. The maximum atomic E-state index is 12.2. The Bertz CT molecular complexity index is 859. The summed E-state index contributed by atoms with van der Waals surface area (Å²) in [6, 6.07) is 14.5. The molecule has 0 aromatic heterocycles. The van der Waals surface area contributed by atoms with Gasteiger partial charge in [0.2, 0.25) is 10.0 Å². The van der Waals surface area contributed by atoms with Crippen molar-refractivity contribution in [3.05, 3.63) is 59.7 Å². The zero-order valence-corrected chi connectivity index (χ0v) is 16.2. The smallest absolute Gasteiger partial charge is 0.240 e. The molecule has 0 bridgehead atoms. The molecule has 0 amide bonds. The van der Waals surface area contributed by atoms with Crippen LogP contribution in [-0.4, -0.2) is 20.9 Å². The summed E-state index contributed by atoms with van der Waals surface area (Å²) < 4.78 is 26.9. The Morgan fingerprint density at radius 3 is 2.46 bits per heavy atom. The highest BCUT2D eigenvalue weighted by molar-refractivity contribution is 7.89. The van der Waals surface area contributed by atoms with Crippen LogP contribution < -0.4 is 15.8 Å². The molecule has 0 saturated carbocycles. The summed E-state index contributed by atoms with van der Waals surface area (Å²) in [6.45, 7) is 6.70. The van der Waals surface area contributed by atoms with E-state index in [0.29, 0.717) is 19.0 Å². The van der Waals surface area contributed by atoms with E-state index in [1.807, 2.05) is 45.0 Å². The number of aryl methyl sites for hydroxylation is 1. The fourth-order valence-electron chi connectivity index (χ4n) is 2.22. The fraction of sp³-hybridized carbons (Fsp3) is 0.316. The fourth-order valence-corrected chi connectivity index (χ4v) is 3.43. The summed E-state index contributed by atoms with van der Waals surface area (Å²) in [5, 5.41) is 3.04. The minimum absolute atomic E-state index is 0.247. The van der Waals surface area contributed by atoms with Gasteiger partial charge in [-0.25, -0.2) is 18.1 Å². The molecule has 0 heterocycles. The standard InChI is InChI=1S/C19H26N4O2S/c1-14(2)12-22-26(24,25)18-9-7-16(8-10-18)13-21-19(20)23-17-6-4-5-15(3)11-17/h4-11,14,22H,12-13H2,1-3H3,(H3,20,21,23). The molecule has 6 nitrogen and oxygen atoms in total. The quantitative estimate of drug-likeness (QED) is 0.513. The zero-order chi connectivity index (χ0) is 19.2. The minimum atomic E-state index is -3.47. The van der Waals surface area contributed by atoms with Crippen molar-refractivity contribution in [2.24, 2.45) is 16.6 Å². The Morgan fingerprint density at radius 2 is 1.85 bits per heavy atom. The van der Waals surface area contributed by atoms with Gasteiger partial charge in [-0.1, -0.05) is 38.1 Å². The van der Waals surface area contributed by atoms with Crippen LogP contribution in [0.15, 0.2) is 58.4 Å². The van der Waals surface area contributed by atoms with E-state index in [-0.39, 0.29) is 10.8 Å². The average molecular weight is 375 g/mol. The Kier molecular flexibility index (Phi) is 6.76. The molecule has 0 atom stereocenters. The van der Waals surface area contributed by atoms with Gasteiger partial charge in [0.15, 0.2) is 5.96 Å². The van der Waals surface area contributed by atoms with E-state index < -0.39 is 10.0 Å². The first-order valence-corrected chi connectivity index (χ1v) is 9.97. The van der Waals surface area contributed by atoms with Crippen LogP contribution in [0.3, 0.4) is 0 Å². The highest BCUT2D eigenvalue weighted by Gasteiger charge is 2.13. The van der Waals surface area contributed by atoms with Crippen LogP contribution in [0.5, 0.6) is 0 Å². The molecule has 0 aliphatic heterocycles. The van der Waals surface area contributed by atoms with E-state index in [2.05, 4.69) is 15.0 Å². The number of rotatable bonds is 7. The zero-order valence-electron chi connectivity index (χ0n) is 15.4. The summed E-state index contributed by atoms with van der Waals surface area (Å²) in [5.41, 5.74) is 8.79. The molecule has 0 spiro atoms. The number of nitrogens with one attached hydrogen (secondary N) is 2. The third-order valence-corrected chi connectivity index (χ3v) is 5.08. The summed E-state index contributed by atoms with van der Waals surface area (Å²) >= 11 is 0. The Hall–Kier alpha value is -2.38. The van der Waals surface area contributed by atoms with Crippen molar-refractivity contribution in [3.8, 4) is 0 Å². The van der Waals surface area contributed by atoms with Gasteiger partial charge in [-0.2, -0.15) is 0 Å². The molecule has 7 heteroatoms. The topological polar surface area (TPSA) is 96.6 Å². The maximum Gasteiger partial charge on any atom is 0.240 e. The lowest BCUT2D eigenvalue weighted by atomic mass is 10.2. The van der Waals surface area contributed by atoms with Gasteiger partial charge in [-0.05, 0) is 48.2 Å². The number of hydrogen-bond acceptors (Lipinski definition) is 3. The Balaban J connectivity index is 1.98. The molecule has 0 saturated heterocycles. The van der Waals surface area contributed by atoms with Crippen molar-refractivity contribution in [1.82, 2.24) is 4.72 Å². The number of nitrogens with zero attached hydrogens (tertiary/aromatic N) is 1. The number of sulfonamides is 1. The van der Waals surface area contributed by atoms with Crippen molar-refractivity contribution >= 4 is 21.7 Å². The summed E-state index contributed by atoms with van der Waals surface area (Å²) in [4.78, 5) is 4.54. The maximum absolute atomic E-state index is 12.2. The molecule has 4 N–H and O–H groups in total. The van der Waals surface area contributed by atoms with Gasteiger partial charge in [-0.15, -0.1) is 0 Å². The van der Waals surface area contributed by atoms with Crippen LogP contribution in [0, 0.1) is 12.8 Å². The summed E-state index contributed by atoms with van der Waals surface area (Å²) in [5.74, 6) is 0.563. The minimum Gasteiger partial charge on any atom is -0.370 e. The molecule has 140 valence electrons. The predicted octanol–water partition coefficient (Wildman–Crippen LogP) is 2.86. The van der Waals surface area contributed by atoms with Crippen molar-refractivity contribution < 1.29 is 8.42 Å². The lowest BCUT2D eigenvalue weighted by Crippen LogP contribution is -2.27. The van der Waals surface area contributed by atoms with Gasteiger partial charge < -0.3 is 11.1 Å². The predicted molar refractivity (Wildman–Crippen MR) is 107 cm³/mol. The van der Waals surface area contributed by atoms with E-state index in [4.69, 9.17) is 5.73 Å². The molecule has 0 unspecified atom stereocenters. The number of anilines is 1. The monoisotopic (exact) mass is 374 g/mol. The van der Waals surface area contributed by atoms with Gasteiger partial charge >= 0.3 is 0 Å². The van der Waals surface area contributed by atoms with E-state index >= 15 is 0 Å². The van der Waals surface area contributed by atoms with Crippen LogP contribution in [-0.2, 0) is 16.6 Å². The van der Waals surface area contributed by atoms with Crippen molar-refractivity contribution in [2.75, 3.05) is 11.9 Å². The van der Waals surface area contributed by atoms with E-state index in [9.17, 15) is 8.42 Å². The number of aliphatic imine (C=N–C) groups is 1. The number of guanidine groups is 1. The largest absolute Gasteiger partial charge is 0.370 e. The molecule has 26 heavy (non-hydrogen) atoms. The van der Waals surface area contributed by atoms with Gasteiger partial charge in [0.1, 0.15) is 0 Å². The lowest BCUT2D eigenvalue weighted by molar-refractivity contribution is 0.560. The first-order chi connectivity index (χ1) is 12.3.